The first-order chi connectivity index (χ1) is 15.1. The van der Waals surface area contributed by atoms with Gasteiger partial charge in [0.25, 0.3) is 0 Å². The molecule has 0 unspecified atom stereocenters. The molecule has 1 aromatic carbocycles. The summed E-state index contributed by atoms with van der Waals surface area (Å²) in [6.45, 7) is 4.47. The van der Waals surface area contributed by atoms with Crippen LogP contribution < -0.4 is 0 Å². The summed E-state index contributed by atoms with van der Waals surface area (Å²) in [7, 11) is -3.60. The van der Waals surface area contributed by atoms with Crippen LogP contribution in [0.4, 0.5) is 0 Å². The third-order valence-corrected chi connectivity index (χ3v) is 7.97. The Morgan fingerprint density at radius 2 is 2.06 bits per heavy atom. The summed E-state index contributed by atoms with van der Waals surface area (Å²) in [5.74, 6) is 0. The van der Waals surface area contributed by atoms with Crippen LogP contribution in [0.3, 0.4) is 0 Å². The van der Waals surface area contributed by atoms with E-state index in [1.54, 1.807) is 16.6 Å². The monoisotopic (exact) mass is 442 g/mol. The molecule has 0 atom stereocenters. The van der Waals surface area contributed by atoms with E-state index in [0.717, 1.165) is 36.1 Å². The Balaban J connectivity index is 1.48. The number of nitrogens with zero attached hydrogens (tertiary/aromatic N) is 4. The first kappa shape index (κ1) is 20.4. The maximum absolute atomic E-state index is 13.5. The van der Waals surface area contributed by atoms with Crippen molar-refractivity contribution in [2.24, 2.45) is 0 Å². The van der Waals surface area contributed by atoms with E-state index in [2.05, 4.69) is 4.98 Å². The molecule has 3 aromatic rings. The van der Waals surface area contributed by atoms with Crippen molar-refractivity contribution in [1.29, 1.82) is 0 Å². The third-order valence-electron chi connectivity index (χ3n) is 6.13. The Bertz CT molecular complexity index is 1180. The highest BCUT2D eigenvalue weighted by molar-refractivity contribution is 7.89. The molecular formula is C22H26N4O4S. The van der Waals surface area contributed by atoms with Crippen LogP contribution in [0.5, 0.6) is 0 Å². The summed E-state index contributed by atoms with van der Waals surface area (Å²) in [4.78, 5) is 4.63. The molecule has 3 heterocycles. The quantitative estimate of drug-likeness (QED) is 0.523. The van der Waals surface area contributed by atoms with Crippen LogP contribution in [-0.2, 0) is 47.1 Å². The van der Waals surface area contributed by atoms with Gasteiger partial charge in [0.15, 0.2) is 6.39 Å². The zero-order valence-corrected chi connectivity index (χ0v) is 18.4. The van der Waals surface area contributed by atoms with Gasteiger partial charge in [0.2, 0.25) is 10.0 Å². The molecule has 0 N–H and O–H groups in total. The minimum Gasteiger partial charge on any atom is -0.451 e. The van der Waals surface area contributed by atoms with E-state index in [1.165, 1.54) is 12.0 Å². The summed E-state index contributed by atoms with van der Waals surface area (Å²) in [5.41, 5.74) is 5.64. The predicted molar refractivity (Wildman–Crippen MR) is 114 cm³/mol. The van der Waals surface area contributed by atoms with Crippen molar-refractivity contribution in [3.63, 3.8) is 0 Å². The highest BCUT2D eigenvalue weighted by atomic mass is 32.2. The molecule has 2 aliphatic rings. The number of hydrogen-bond acceptors (Lipinski definition) is 6. The van der Waals surface area contributed by atoms with Crippen LogP contribution >= 0.6 is 0 Å². The lowest BCUT2D eigenvalue weighted by atomic mass is 10.1. The number of oxazole rings is 1. The van der Waals surface area contributed by atoms with E-state index >= 15 is 0 Å². The van der Waals surface area contributed by atoms with Crippen LogP contribution in [0.1, 0.15) is 35.7 Å². The molecule has 8 nitrogen and oxygen atoms in total. The average molecular weight is 443 g/mol. The molecular weight excluding hydrogens is 416 g/mol. The van der Waals surface area contributed by atoms with Crippen LogP contribution in [0.15, 0.2) is 40.2 Å². The van der Waals surface area contributed by atoms with Gasteiger partial charge in [-0.1, -0.05) is 6.07 Å². The van der Waals surface area contributed by atoms with Gasteiger partial charge in [-0.2, -0.15) is 9.40 Å². The molecule has 5 rings (SSSR count). The maximum Gasteiger partial charge on any atom is 0.243 e. The SMILES string of the molecule is CCOCCn1nc(-c2cocn2)c2c1CCN(S(=O)(=O)c1ccc3c(c1)CCC3)C2. The molecule has 0 bridgehead atoms. The molecule has 0 fully saturated rings. The highest BCUT2D eigenvalue weighted by Crippen LogP contribution is 2.33. The molecule has 1 aliphatic carbocycles. The van der Waals surface area contributed by atoms with Gasteiger partial charge in [0, 0.05) is 37.4 Å². The minimum atomic E-state index is -3.60. The number of aryl methyl sites for hydroxylation is 2. The lowest BCUT2D eigenvalue weighted by Gasteiger charge is -2.27. The number of hydrogen-bond donors (Lipinski definition) is 0. The zero-order valence-electron chi connectivity index (χ0n) is 17.6. The van der Waals surface area contributed by atoms with Gasteiger partial charge in [-0.3, -0.25) is 4.68 Å². The highest BCUT2D eigenvalue weighted by Gasteiger charge is 2.33. The molecule has 1 aliphatic heterocycles. The summed E-state index contributed by atoms with van der Waals surface area (Å²) < 4.78 is 41.1. The fraction of sp³-hybridized carbons (Fsp3) is 0.455. The number of fused-ring (bicyclic) bond motifs is 2. The third kappa shape index (κ3) is 3.71. The van der Waals surface area contributed by atoms with Crippen LogP contribution in [-0.4, -0.2) is 47.2 Å². The summed E-state index contributed by atoms with van der Waals surface area (Å²) in [6, 6.07) is 5.58. The van der Waals surface area contributed by atoms with Crippen molar-refractivity contribution in [3.8, 4) is 11.4 Å². The summed E-state index contributed by atoms with van der Waals surface area (Å²) in [5, 5.41) is 4.74. The zero-order chi connectivity index (χ0) is 21.4. The molecule has 0 radical (unpaired) electrons. The molecule has 9 heteroatoms. The van der Waals surface area contributed by atoms with Crippen molar-refractivity contribution >= 4 is 10.0 Å². The molecule has 0 amide bonds. The average Bonchev–Trinajstić information content (AvgIpc) is 3.52. The lowest BCUT2D eigenvalue weighted by Crippen LogP contribution is -2.36. The van der Waals surface area contributed by atoms with Crippen LogP contribution in [0.2, 0.25) is 0 Å². The second-order valence-electron chi connectivity index (χ2n) is 7.94. The molecule has 2 aromatic heterocycles. The normalized spacial score (nSPS) is 16.4. The molecule has 31 heavy (non-hydrogen) atoms. The second kappa shape index (κ2) is 8.22. The minimum absolute atomic E-state index is 0.269. The molecule has 0 spiro atoms. The number of ether oxygens (including phenoxy) is 1. The van der Waals surface area contributed by atoms with E-state index in [0.29, 0.717) is 49.0 Å². The molecule has 0 saturated heterocycles. The standard InChI is InChI=1S/C22H26N4O4S/c1-2-29-11-10-26-21-8-9-25(13-19(21)22(24-26)20-14-30-15-23-20)31(27,28)18-7-6-16-4-3-5-17(16)12-18/h6-7,12,14-15H,2-5,8-11,13H2,1H3. The Morgan fingerprint density at radius 1 is 1.19 bits per heavy atom. The number of benzene rings is 1. The number of rotatable bonds is 7. The Kier molecular flexibility index (Phi) is 5.41. The Hall–Kier alpha value is -2.49. The fourth-order valence-corrected chi connectivity index (χ4v) is 6.00. The topological polar surface area (TPSA) is 90.5 Å². The smallest absolute Gasteiger partial charge is 0.243 e. The van der Waals surface area contributed by atoms with Crippen molar-refractivity contribution in [2.75, 3.05) is 19.8 Å². The van der Waals surface area contributed by atoms with E-state index in [-0.39, 0.29) is 6.54 Å². The summed E-state index contributed by atoms with van der Waals surface area (Å²) >= 11 is 0. The molecule has 164 valence electrons. The number of sulfonamides is 1. The largest absolute Gasteiger partial charge is 0.451 e. The second-order valence-corrected chi connectivity index (χ2v) is 9.88. The van der Waals surface area contributed by atoms with Gasteiger partial charge in [-0.25, -0.2) is 13.4 Å². The van der Waals surface area contributed by atoms with Crippen molar-refractivity contribution in [2.45, 2.75) is 50.6 Å². The molecule has 0 saturated carbocycles. The van der Waals surface area contributed by atoms with E-state index < -0.39 is 10.0 Å². The fourth-order valence-electron chi connectivity index (χ4n) is 4.54. The van der Waals surface area contributed by atoms with E-state index in [9.17, 15) is 8.42 Å². The summed E-state index contributed by atoms with van der Waals surface area (Å²) in [6.07, 6.45) is 6.58. The van der Waals surface area contributed by atoms with Gasteiger partial charge in [-0.05, 0) is 49.4 Å². The first-order valence-corrected chi connectivity index (χ1v) is 12.2. The van der Waals surface area contributed by atoms with Crippen molar-refractivity contribution in [1.82, 2.24) is 19.1 Å². The maximum atomic E-state index is 13.5. The van der Waals surface area contributed by atoms with Crippen LogP contribution in [0, 0.1) is 0 Å². The Morgan fingerprint density at radius 3 is 2.87 bits per heavy atom. The lowest BCUT2D eigenvalue weighted by molar-refractivity contribution is 0.135. The predicted octanol–water partition coefficient (Wildman–Crippen LogP) is 2.81. The van der Waals surface area contributed by atoms with Gasteiger partial charge >= 0.3 is 0 Å². The van der Waals surface area contributed by atoms with Gasteiger partial charge in [-0.15, -0.1) is 0 Å². The Labute approximate surface area is 181 Å². The van der Waals surface area contributed by atoms with Gasteiger partial charge in [0.05, 0.1) is 18.0 Å². The van der Waals surface area contributed by atoms with E-state index in [1.807, 2.05) is 23.7 Å². The van der Waals surface area contributed by atoms with Crippen LogP contribution in [0.25, 0.3) is 11.4 Å². The van der Waals surface area contributed by atoms with Crippen molar-refractivity contribution in [3.05, 3.63) is 53.2 Å². The first-order valence-electron chi connectivity index (χ1n) is 10.7. The number of aromatic nitrogens is 3. The van der Waals surface area contributed by atoms with Gasteiger partial charge in [0.1, 0.15) is 17.7 Å². The van der Waals surface area contributed by atoms with Crippen molar-refractivity contribution < 1.29 is 17.6 Å². The van der Waals surface area contributed by atoms with E-state index in [4.69, 9.17) is 14.3 Å². The van der Waals surface area contributed by atoms with Gasteiger partial charge < -0.3 is 9.15 Å².